The summed E-state index contributed by atoms with van der Waals surface area (Å²) in [7, 11) is 1.54. The Kier molecular flexibility index (Phi) is 5.85. The number of benzene rings is 2. The molecule has 0 spiro atoms. The Labute approximate surface area is 181 Å². The highest BCUT2D eigenvalue weighted by Gasteiger charge is 2.28. The van der Waals surface area contributed by atoms with E-state index in [-0.39, 0.29) is 23.3 Å². The number of carbonyl (C=O) groups is 1. The topological polar surface area (TPSA) is 94.8 Å². The molecule has 0 bridgehead atoms. The van der Waals surface area contributed by atoms with Crippen LogP contribution in [0.15, 0.2) is 36.4 Å². The fourth-order valence-corrected chi connectivity index (χ4v) is 4.63. The number of fused-ring (bicyclic) bond motifs is 1. The largest absolute Gasteiger partial charge is 0.494 e. The van der Waals surface area contributed by atoms with Crippen LogP contribution in [0.2, 0.25) is 5.02 Å². The van der Waals surface area contributed by atoms with Crippen molar-refractivity contribution in [1.29, 1.82) is 0 Å². The summed E-state index contributed by atoms with van der Waals surface area (Å²) < 4.78 is 11.8. The molecule has 1 unspecified atom stereocenters. The number of hydrogen-bond acceptors (Lipinski definition) is 7. The molecule has 1 aromatic heterocycles. The van der Waals surface area contributed by atoms with Crippen LogP contribution in [-0.2, 0) is 4.74 Å². The van der Waals surface area contributed by atoms with E-state index in [4.69, 9.17) is 21.1 Å². The van der Waals surface area contributed by atoms with Crippen LogP contribution >= 0.6 is 22.9 Å². The van der Waals surface area contributed by atoms with Crippen molar-refractivity contribution >= 4 is 49.9 Å². The summed E-state index contributed by atoms with van der Waals surface area (Å²) in [5.41, 5.74) is 0.626. The van der Waals surface area contributed by atoms with Gasteiger partial charge in [-0.25, -0.2) is 4.98 Å². The maximum Gasteiger partial charge on any atom is 0.270 e. The number of halogens is 1. The molecule has 1 fully saturated rings. The highest BCUT2D eigenvalue weighted by atomic mass is 35.5. The van der Waals surface area contributed by atoms with Crippen molar-refractivity contribution < 1.29 is 19.2 Å². The number of nitro groups is 1. The predicted molar refractivity (Wildman–Crippen MR) is 115 cm³/mol. The lowest BCUT2D eigenvalue weighted by molar-refractivity contribution is -0.384. The first kappa shape index (κ1) is 20.5. The molecule has 3 aromatic rings. The van der Waals surface area contributed by atoms with Crippen LogP contribution in [0.25, 0.3) is 10.2 Å². The molecule has 1 amide bonds. The van der Waals surface area contributed by atoms with Gasteiger partial charge in [-0.15, -0.1) is 0 Å². The van der Waals surface area contributed by atoms with Crippen molar-refractivity contribution in [2.45, 2.75) is 18.9 Å². The van der Waals surface area contributed by atoms with Crippen LogP contribution in [0.3, 0.4) is 0 Å². The predicted octanol–water partition coefficient (Wildman–Crippen LogP) is 4.69. The van der Waals surface area contributed by atoms with Gasteiger partial charge in [0.25, 0.3) is 11.6 Å². The second-order valence-corrected chi connectivity index (χ2v) is 8.17. The van der Waals surface area contributed by atoms with Crippen LogP contribution in [-0.4, -0.2) is 42.2 Å². The standard InChI is InChI=1S/C20H18ClN3O5S/c1-28-16-8-7-15(21)18-17(16)22-20(30-18)23(11-14-6-3-9-29-14)19(25)12-4-2-5-13(10-12)24(26)27/h2,4-5,7-8,10,14H,3,6,9,11H2,1H3. The zero-order valence-electron chi connectivity index (χ0n) is 16.0. The number of ether oxygens (including phenoxy) is 2. The SMILES string of the molecule is COc1ccc(Cl)c2sc(N(CC3CCCO3)C(=O)c3cccc([N+](=O)[O-])c3)nc12. The van der Waals surface area contributed by atoms with E-state index in [0.29, 0.717) is 39.3 Å². The maximum absolute atomic E-state index is 13.4. The highest BCUT2D eigenvalue weighted by Crippen LogP contribution is 2.39. The number of aromatic nitrogens is 1. The second-order valence-electron chi connectivity index (χ2n) is 6.78. The quantitative estimate of drug-likeness (QED) is 0.401. The number of non-ortho nitro benzene ring substituents is 1. The molecular weight excluding hydrogens is 430 g/mol. The Hall–Kier alpha value is -2.75. The number of carbonyl (C=O) groups excluding carboxylic acids is 1. The Bertz CT molecular complexity index is 1110. The first-order valence-electron chi connectivity index (χ1n) is 9.29. The van der Waals surface area contributed by atoms with Crippen molar-refractivity contribution in [3.63, 3.8) is 0 Å². The number of rotatable bonds is 6. The number of nitrogens with zero attached hydrogens (tertiary/aromatic N) is 3. The normalized spacial score (nSPS) is 16.0. The molecule has 1 aliphatic heterocycles. The second kappa shape index (κ2) is 8.55. The number of thiazole rings is 1. The molecule has 1 aliphatic rings. The van der Waals surface area contributed by atoms with E-state index in [1.807, 2.05) is 0 Å². The molecule has 30 heavy (non-hydrogen) atoms. The van der Waals surface area contributed by atoms with Gasteiger partial charge in [-0.3, -0.25) is 19.8 Å². The number of hydrogen-bond donors (Lipinski definition) is 0. The van der Waals surface area contributed by atoms with Crippen LogP contribution in [0.1, 0.15) is 23.2 Å². The summed E-state index contributed by atoms with van der Waals surface area (Å²) in [6.07, 6.45) is 1.62. The fourth-order valence-electron chi connectivity index (χ4n) is 3.37. The third-order valence-electron chi connectivity index (χ3n) is 4.86. The molecule has 2 heterocycles. The van der Waals surface area contributed by atoms with Gasteiger partial charge in [0, 0.05) is 24.3 Å². The van der Waals surface area contributed by atoms with Crippen LogP contribution in [0.4, 0.5) is 10.8 Å². The highest BCUT2D eigenvalue weighted by molar-refractivity contribution is 7.23. The molecular formula is C20H18ClN3O5S. The summed E-state index contributed by atoms with van der Waals surface area (Å²) >= 11 is 7.61. The molecule has 1 atom stereocenters. The van der Waals surface area contributed by atoms with Gasteiger partial charge in [0.05, 0.1) is 34.4 Å². The van der Waals surface area contributed by atoms with E-state index < -0.39 is 4.92 Å². The number of nitro benzene ring substituents is 1. The molecule has 2 aromatic carbocycles. The van der Waals surface area contributed by atoms with Crippen molar-refractivity contribution in [2.24, 2.45) is 0 Å². The molecule has 0 aliphatic carbocycles. The van der Waals surface area contributed by atoms with E-state index in [2.05, 4.69) is 4.98 Å². The monoisotopic (exact) mass is 447 g/mol. The van der Waals surface area contributed by atoms with Crippen molar-refractivity contribution in [2.75, 3.05) is 25.2 Å². The summed E-state index contributed by atoms with van der Waals surface area (Å²) in [4.78, 5) is 30.1. The zero-order valence-corrected chi connectivity index (χ0v) is 17.6. The van der Waals surface area contributed by atoms with Gasteiger partial charge < -0.3 is 9.47 Å². The summed E-state index contributed by atoms with van der Waals surface area (Å²) in [5, 5.41) is 12.1. The van der Waals surface area contributed by atoms with E-state index >= 15 is 0 Å². The average Bonchev–Trinajstić information content (AvgIpc) is 3.42. The van der Waals surface area contributed by atoms with Gasteiger partial charge in [-0.2, -0.15) is 0 Å². The zero-order chi connectivity index (χ0) is 21.3. The molecule has 1 saturated heterocycles. The van der Waals surface area contributed by atoms with Gasteiger partial charge in [0.15, 0.2) is 5.13 Å². The Morgan fingerprint density at radius 2 is 2.27 bits per heavy atom. The lowest BCUT2D eigenvalue weighted by Gasteiger charge is -2.23. The smallest absolute Gasteiger partial charge is 0.270 e. The molecule has 10 heteroatoms. The summed E-state index contributed by atoms with van der Waals surface area (Å²) in [6.45, 7) is 0.935. The molecule has 0 saturated carbocycles. The van der Waals surface area contributed by atoms with Crippen LogP contribution in [0, 0.1) is 10.1 Å². The Morgan fingerprint density at radius 3 is 2.97 bits per heavy atom. The first-order valence-corrected chi connectivity index (χ1v) is 10.5. The van der Waals surface area contributed by atoms with Crippen molar-refractivity contribution in [1.82, 2.24) is 4.98 Å². The van der Waals surface area contributed by atoms with Crippen molar-refractivity contribution in [3.05, 3.63) is 57.1 Å². The molecule has 4 rings (SSSR count). The minimum absolute atomic E-state index is 0.128. The minimum Gasteiger partial charge on any atom is -0.494 e. The van der Waals surface area contributed by atoms with Crippen LogP contribution < -0.4 is 9.64 Å². The number of amides is 1. The Balaban J connectivity index is 1.77. The first-order chi connectivity index (χ1) is 14.5. The van der Waals surface area contributed by atoms with E-state index in [1.54, 1.807) is 25.3 Å². The third-order valence-corrected chi connectivity index (χ3v) is 6.40. The lowest BCUT2D eigenvalue weighted by atomic mass is 10.1. The maximum atomic E-state index is 13.4. The third kappa shape index (κ3) is 3.96. The molecule has 0 radical (unpaired) electrons. The van der Waals surface area contributed by atoms with Gasteiger partial charge in [-0.1, -0.05) is 29.0 Å². The van der Waals surface area contributed by atoms with Gasteiger partial charge >= 0.3 is 0 Å². The fraction of sp³-hybridized carbons (Fsp3) is 0.300. The molecule has 156 valence electrons. The van der Waals surface area contributed by atoms with Crippen molar-refractivity contribution in [3.8, 4) is 5.75 Å². The molecule has 8 nitrogen and oxygen atoms in total. The molecule has 0 N–H and O–H groups in total. The van der Waals surface area contributed by atoms with Gasteiger partial charge in [-0.05, 0) is 31.0 Å². The lowest BCUT2D eigenvalue weighted by Crippen LogP contribution is -2.37. The van der Waals surface area contributed by atoms with E-state index in [0.717, 1.165) is 12.8 Å². The number of anilines is 1. The van der Waals surface area contributed by atoms with Gasteiger partial charge in [0.1, 0.15) is 11.3 Å². The van der Waals surface area contributed by atoms with Crippen LogP contribution in [0.5, 0.6) is 5.75 Å². The summed E-state index contributed by atoms with van der Waals surface area (Å²) in [5.74, 6) is 0.167. The Morgan fingerprint density at radius 1 is 1.43 bits per heavy atom. The summed E-state index contributed by atoms with van der Waals surface area (Å²) in [6, 6.07) is 9.11. The average molecular weight is 448 g/mol. The van der Waals surface area contributed by atoms with Gasteiger partial charge in [0.2, 0.25) is 0 Å². The van der Waals surface area contributed by atoms with E-state index in [1.165, 1.54) is 34.4 Å². The number of methoxy groups -OCH3 is 1. The minimum atomic E-state index is -0.524. The van der Waals surface area contributed by atoms with E-state index in [9.17, 15) is 14.9 Å².